The van der Waals surface area contributed by atoms with Gasteiger partial charge in [0.2, 0.25) is 0 Å². The van der Waals surface area contributed by atoms with Crippen molar-refractivity contribution in [3.8, 4) is 5.75 Å². The van der Waals surface area contributed by atoms with Crippen LogP contribution in [-0.4, -0.2) is 49.0 Å². The maximum atomic E-state index is 11.1. The Kier molecular flexibility index (Phi) is 6.61. The molecule has 1 aromatic rings. The minimum Gasteiger partial charge on any atom is -0.484 e. The van der Waals surface area contributed by atoms with E-state index in [9.17, 15) is 9.90 Å². The quantitative estimate of drug-likeness (QED) is 0.578. The van der Waals surface area contributed by atoms with E-state index in [4.69, 9.17) is 9.84 Å². The minimum atomic E-state index is -0.831. The van der Waals surface area contributed by atoms with Gasteiger partial charge in [0, 0.05) is 24.1 Å². The normalized spacial score (nSPS) is 11.8. The first-order chi connectivity index (χ1) is 9.06. The van der Waals surface area contributed by atoms with Crippen LogP contribution in [-0.2, 0) is 4.79 Å². The van der Waals surface area contributed by atoms with Crippen LogP contribution >= 0.6 is 15.9 Å². The van der Waals surface area contributed by atoms with Crippen molar-refractivity contribution in [2.75, 3.05) is 32.1 Å². The van der Waals surface area contributed by atoms with Gasteiger partial charge in [0.25, 0.3) is 5.91 Å². The third-order valence-corrected chi connectivity index (χ3v) is 3.02. The molecule has 0 aliphatic carbocycles. The van der Waals surface area contributed by atoms with Crippen LogP contribution in [0.15, 0.2) is 22.7 Å². The minimum absolute atomic E-state index is 0.0587. The van der Waals surface area contributed by atoms with Crippen molar-refractivity contribution in [1.82, 2.24) is 5.32 Å². The third kappa shape index (κ3) is 5.46. The summed E-state index contributed by atoms with van der Waals surface area (Å²) >= 11 is 3.35. The van der Waals surface area contributed by atoms with Gasteiger partial charge < -0.3 is 25.6 Å². The van der Waals surface area contributed by atoms with E-state index in [0.717, 1.165) is 4.47 Å². The molecule has 0 aromatic heterocycles. The van der Waals surface area contributed by atoms with Gasteiger partial charge in [-0.3, -0.25) is 4.79 Å². The lowest BCUT2D eigenvalue weighted by Crippen LogP contribution is -2.25. The van der Waals surface area contributed by atoms with Gasteiger partial charge in [0.05, 0.1) is 18.4 Å². The first-order valence-corrected chi connectivity index (χ1v) is 6.51. The highest BCUT2D eigenvalue weighted by Gasteiger charge is 2.06. The Morgan fingerprint density at radius 3 is 2.89 bits per heavy atom. The Morgan fingerprint density at radius 2 is 2.26 bits per heavy atom. The molecular weight excluding hydrogens is 316 g/mol. The number of nitrogens with one attached hydrogen (secondary N) is 2. The smallest absolute Gasteiger partial charge is 0.257 e. The number of carbonyl (C=O) groups excluding carboxylic acids is 1. The second-order valence-corrected chi connectivity index (χ2v) is 4.68. The van der Waals surface area contributed by atoms with Gasteiger partial charge in [-0.05, 0) is 28.1 Å². The van der Waals surface area contributed by atoms with E-state index in [-0.39, 0.29) is 25.7 Å². The van der Waals surface area contributed by atoms with Gasteiger partial charge in [0.1, 0.15) is 5.75 Å². The number of hydrogen-bond acceptors (Lipinski definition) is 5. The highest BCUT2D eigenvalue weighted by Crippen LogP contribution is 2.27. The van der Waals surface area contributed by atoms with Crippen LogP contribution in [0, 0.1) is 0 Å². The Morgan fingerprint density at radius 1 is 1.53 bits per heavy atom. The van der Waals surface area contributed by atoms with Crippen molar-refractivity contribution in [1.29, 1.82) is 0 Å². The molecule has 0 fully saturated rings. The molecule has 1 unspecified atom stereocenters. The summed E-state index contributed by atoms with van der Waals surface area (Å²) in [6, 6.07) is 5.20. The fourth-order valence-corrected chi connectivity index (χ4v) is 1.63. The molecule has 0 heterocycles. The highest BCUT2D eigenvalue weighted by atomic mass is 79.9. The van der Waals surface area contributed by atoms with Gasteiger partial charge in [-0.15, -0.1) is 0 Å². The van der Waals surface area contributed by atoms with E-state index in [2.05, 4.69) is 26.6 Å². The van der Waals surface area contributed by atoms with Crippen LogP contribution in [0.4, 0.5) is 5.69 Å². The molecule has 0 saturated heterocycles. The number of halogens is 1. The predicted molar refractivity (Wildman–Crippen MR) is 75.3 cm³/mol. The van der Waals surface area contributed by atoms with Crippen molar-refractivity contribution in [2.45, 2.75) is 6.10 Å². The Bertz CT molecular complexity index is 428. The maximum Gasteiger partial charge on any atom is 0.257 e. The first-order valence-electron chi connectivity index (χ1n) is 5.72. The second-order valence-electron chi connectivity index (χ2n) is 3.82. The summed E-state index contributed by atoms with van der Waals surface area (Å²) in [6.45, 7) is -0.150. The summed E-state index contributed by atoms with van der Waals surface area (Å²) in [7, 11) is 1.54. The van der Waals surface area contributed by atoms with Gasteiger partial charge in [0.15, 0.2) is 6.61 Å². The summed E-state index contributed by atoms with van der Waals surface area (Å²) in [5.74, 6) is 0.320. The molecule has 4 N–H and O–H groups in total. The maximum absolute atomic E-state index is 11.1. The molecule has 0 saturated carbocycles. The molecule has 0 spiro atoms. The molecule has 7 heteroatoms. The van der Waals surface area contributed by atoms with E-state index < -0.39 is 6.10 Å². The number of hydrogen-bond donors (Lipinski definition) is 4. The SMILES string of the molecule is CNC(=O)COc1ccc(Br)c(NCC(O)CO)c1. The van der Waals surface area contributed by atoms with Crippen LogP contribution in [0.25, 0.3) is 0 Å². The van der Waals surface area contributed by atoms with E-state index in [1.165, 1.54) is 7.05 Å². The predicted octanol–water partition coefficient (Wildman–Crippen LogP) is 0.339. The molecule has 1 atom stereocenters. The van der Waals surface area contributed by atoms with E-state index >= 15 is 0 Å². The topological polar surface area (TPSA) is 90.8 Å². The Hall–Kier alpha value is -1.31. The number of rotatable bonds is 7. The zero-order valence-corrected chi connectivity index (χ0v) is 12.1. The van der Waals surface area contributed by atoms with E-state index in [1.807, 2.05) is 0 Å². The molecule has 19 heavy (non-hydrogen) atoms. The molecule has 1 rings (SSSR count). The molecular formula is C12H17BrN2O4. The highest BCUT2D eigenvalue weighted by molar-refractivity contribution is 9.10. The Balaban J connectivity index is 2.63. The lowest BCUT2D eigenvalue weighted by molar-refractivity contribution is -0.122. The largest absolute Gasteiger partial charge is 0.484 e. The van der Waals surface area contributed by atoms with Crippen molar-refractivity contribution in [3.05, 3.63) is 22.7 Å². The number of aliphatic hydroxyl groups is 2. The van der Waals surface area contributed by atoms with Crippen molar-refractivity contribution in [2.24, 2.45) is 0 Å². The number of benzene rings is 1. The lowest BCUT2D eigenvalue weighted by atomic mass is 10.3. The van der Waals surface area contributed by atoms with Crippen LogP contribution < -0.4 is 15.4 Å². The zero-order chi connectivity index (χ0) is 14.3. The van der Waals surface area contributed by atoms with Crippen LogP contribution in [0.2, 0.25) is 0 Å². The van der Waals surface area contributed by atoms with Crippen molar-refractivity contribution in [3.63, 3.8) is 0 Å². The Labute approximate surface area is 119 Å². The molecule has 0 radical (unpaired) electrons. The molecule has 1 amide bonds. The second kappa shape index (κ2) is 7.98. The fourth-order valence-electron chi connectivity index (χ4n) is 1.24. The van der Waals surface area contributed by atoms with Gasteiger partial charge in [-0.2, -0.15) is 0 Å². The average Bonchev–Trinajstić information content (AvgIpc) is 2.44. The molecule has 6 nitrogen and oxygen atoms in total. The summed E-state index contributed by atoms with van der Waals surface area (Å²) in [5.41, 5.74) is 0.710. The lowest BCUT2D eigenvalue weighted by Gasteiger charge is -2.13. The number of anilines is 1. The number of likely N-dealkylation sites (N-methyl/N-ethyl adjacent to an activating group) is 1. The molecule has 0 aliphatic heterocycles. The number of aliphatic hydroxyl groups excluding tert-OH is 2. The summed E-state index contributed by atoms with van der Waals surface area (Å²) in [6.07, 6.45) is -0.831. The van der Waals surface area contributed by atoms with Crippen LogP contribution in [0.3, 0.4) is 0 Å². The summed E-state index contributed by atoms with van der Waals surface area (Å²) < 4.78 is 6.10. The fraction of sp³-hybridized carbons (Fsp3) is 0.417. The van der Waals surface area contributed by atoms with E-state index in [0.29, 0.717) is 11.4 Å². The van der Waals surface area contributed by atoms with Gasteiger partial charge >= 0.3 is 0 Å². The van der Waals surface area contributed by atoms with Crippen molar-refractivity contribution >= 4 is 27.5 Å². The standard InChI is InChI=1S/C12H17BrN2O4/c1-14-12(18)7-19-9-2-3-10(13)11(4-9)15-5-8(17)6-16/h2-4,8,15-17H,5-7H2,1H3,(H,14,18). The van der Waals surface area contributed by atoms with Crippen LogP contribution in [0.1, 0.15) is 0 Å². The van der Waals surface area contributed by atoms with Crippen LogP contribution in [0.5, 0.6) is 5.75 Å². The van der Waals surface area contributed by atoms with Gasteiger partial charge in [-0.25, -0.2) is 0 Å². The monoisotopic (exact) mass is 332 g/mol. The molecule has 0 bridgehead atoms. The van der Waals surface area contributed by atoms with Gasteiger partial charge in [-0.1, -0.05) is 0 Å². The van der Waals surface area contributed by atoms with Crippen molar-refractivity contribution < 1.29 is 19.7 Å². The molecule has 106 valence electrons. The number of amides is 1. The zero-order valence-electron chi connectivity index (χ0n) is 10.5. The number of carbonyl (C=O) groups is 1. The summed E-state index contributed by atoms with van der Waals surface area (Å²) in [4.78, 5) is 11.1. The molecule has 1 aromatic carbocycles. The summed E-state index contributed by atoms with van der Waals surface area (Å²) in [5, 5.41) is 23.4. The first kappa shape index (κ1) is 15.7. The number of ether oxygens (including phenoxy) is 1. The third-order valence-electron chi connectivity index (χ3n) is 2.33. The van der Waals surface area contributed by atoms with E-state index in [1.54, 1.807) is 18.2 Å². The molecule has 0 aliphatic rings. The average molecular weight is 333 g/mol.